The van der Waals surface area contributed by atoms with Crippen molar-refractivity contribution in [3.05, 3.63) is 0 Å². The average Bonchev–Trinajstić information content (AvgIpc) is 2.42. The van der Waals surface area contributed by atoms with Gasteiger partial charge < -0.3 is 9.84 Å². The quantitative estimate of drug-likeness (QED) is 0.783. The molecule has 2 rings (SSSR count). The lowest BCUT2D eigenvalue weighted by molar-refractivity contribution is -0.143. The monoisotopic (exact) mass is 336 g/mol. The summed E-state index contributed by atoms with van der Waals surface area (Å²) >= 11 is 0. The normalized spacial score (nSPS) is 32.2. The molecule has 0 aromatic carbocycles. The molecule has 0 aromatic heterocycles. The van der Waals surface area contributed by atoms with Crippen molar-refractivity contribution < 1.29 is 19.4 Å². The Bertz CT molecular complexity index is 309. The summed E-state index contributed by atoms with van der Waals surface area (Å²) < 4.78 is 5.02. The van der Waals surface area contributed by atoms with E-state index in [4.69, 9.17) is 9.84 Å². The highest BCUT2D eigenvalue weighted by atomic mass is 32.1. The molecule has 21 heavy (non-hydrogen) atoms. The number of carboxylic acid groups (broad SMARTS) is 1. The van der Waals surface area contributed by atoms with Gasteiger partial charge >= 0.3 is 5.97 Å². The summed E-state index contributed by atoms with van der Waals surface area (Å²) in [6.07, 6.45) is 9.50. The molecule has 0 radical (unpaired) electrons. The molecule has 0 amide bonds. The Balaban J connectivity index is 0.00000200. The number of hydrogen-bond donors (Lipinski definition) is 1. The third-order valence-electron chi connectivity index (χ3n) is 4.90. The maximum atomic E-state index is 10.9. The Morgan fingerprint density at radius 2 is 1.43 bits per heavy atom. The van der Waals surface area contributed by atoms with Crippen LogP contribution in [0.3, 0.4) is 0 Å². The molecular formula is C15H28O4S2. The van der Waals surface area contributed by atoms with Crippen molar-refractivity contribution in [1.29, 1.82) is 0 Å². The zero-order valence-electron chi connectivity index (χ0n) is 12.4. The lowest BCUT2D eigenvalue weighted by atomic mass is 9.74. The zero-order chi connectivity index (χ0) is 13.7. The highest BCUT2D eigenvalue weighted by Crippen LogP contribution is 2.37. The molecule has 0 aliphatic heterocycles. The van der Waals surface area contributed by atoms with Gasteiger partial charge in [-0.15, -0.1) is 0 Å². The molecular weight excluding hydrogens is 308 g/mol. The molecule has 0 unspecified atom stereocenters. The highest BCUT2D eigenvalue weighted by Gasteiger charge is 2.29. The molecule has 0 atom stereocenters. The SMILES string of the molecule is O=COC1CCC(CC2CCC(C(=O)O)CC2)CC1.S.S. The maximum Gasteiger partial charge on any atom is 0.306 e. The van der Waals surface area contributed by atoms with Crippen molar-refractivity contribution in [2.45, 2.75) is 63.9 Å². The lowest BCUT2D eigenvalue weighted by Crippen LogP contribution is -2.25. The van der Waals surface area contributed by atoms with Gasteiger partial charge in [0, 0.05) is 0 Å². The molecule has 2 aliphatic carbocycles. The van der Waals surface area contributed by atoms with Gasteiger partial charge in [-0.25, -0.2) is 0 Å². The second-order valence-corrected chi connectivity index (χ2v) is 6.17. The predicted octanol–water partition coefficient (Wildman–Crippen LogP) is 3.22. The van der Waals surface area contributed by atoms with Gasteiger partial charge in [-0.3, -0.25) is 9.59 Å². The van der Waals surface area contributed by atoms with Crippen LogP contribution in [0, 0.1) is 17.8 Å². The lowest BCUT2D eigenvalue weighted by Gasteiger charge is -2.32. The first-order valence-electron chi connectivity index (χ1n) is 7.51. The summed E-state index contributed by atoms with van der Waals surface area (Å²) in [5.74, 6) is 0.736. The minimum atomic E-state index is -0.620. The van der Waals surface area contributed by atoms with Crippen LogP contribution >= 0.6 is 27.0 Å². The first kappa shape index (κ1) is 20.6. The second-order valence-electron chi connectivity index (χ2n) is 6.17. The van der Waals surface area contributed by atoms with E-state index >= 15 is 0 Å². The summed E-state index contributed by atoms with van der Waals surface area (Å²) in [5, 5.41) is 8.98. The molecule has 0 heterocycles. The van der Waals surface area contributed by atoms with Gasteiger partial charge in [0.25, 0.3) is 6.47 Å². The second kappa shape index (κ2) is 10.4. The van der Waals surface area contributed by atoms with E-state index in [2.05, 4.69) is 0 Å². The molecule has 6 heteroatoms. The van der Waals surface area contributed by atoms with Gasteiger partial charge in [0.15, 0.2) is 0 Å². The van der Waals surface area contributed by atoms with Crippen LogP contribution in [0.2, 0.25) is 0 Å². The number of hydrogen-bond acceptors (Lipinski definition) is 3. The summed E-state index contributed by atoms with van der Waals surface area (Å²) in [6, 6.07) is 0. The smallest absolute Gasteiger partial charge is 0.306 e. The molecule has 0 spiro atoms. The minimum absolute atomic E-state index is 0. The topological polar surface area (TPSA) is 63.6 Å². The van der Waals surface area contributed by atoms with E-state index in [1.165, 1.54) is 6.42 Å². The van der Waals surface area contributed by atoms with Crippen molar-refractivity contribution in [2.24, 2.45) is 17.8 Å². The van der Waals surface area contributed by atoms with Crippen LogP contribution in [-0.4, -0.2) is 23.7 Å². The van der Waals surface area contributed by atoms with Crippen molar-refractivity contribution in [2.75, 3.05) is 0 Å². The number of carbonyl (C=O) groups excluding carboxylic acids is 1. The third kappa shape index (κ3) is 6.51. The van der Waals surface area contributed by atoms with Crippen molar-refractivity contribution in [1.82, 2.24) is 0 Å². The fourth-order valence-electron chi connectivity index (χ4n) is 3.70. The molecule has 0 aromatic rings. The number of ether oxygens (including phenoxy) is 1. The van der Waals surface area contributed by atoms with Crippen LogP contribution in [0.5, 0.6) is 0 Å². The van der Waals surface area contributed by atoms with Crippen molar-refractivity contribution in [3.63, 3.8) is 0 Å². The number of carbonyl (C=O) groups is 2. The van der Waals surface area contributed by atoms with Crippen LogP contribution in [-0.2, 0) is 14.3 Å². The molecule has 2 aliphatic rings. The molecule has 0 bridgehead atoms. The van der Waals surface area contributed by atoms with E-state index < -0.39 is 5.97 Å². The Morgan fingerprint density at radius 3 is 1.86 bits per heavy atom. The van der Waals surface area contributed by atoms with E-state index in [-0.39, 0.29) is 39.0 Å². The predicted molar refractivity (Wildman–Crippen MR) is 91.4 cm³/mol. The molecule has 0 saturated heterocycles. The fourth-order valence-corrected chi connectivity index (χ4v) is 3.70. The first-order chi connectivity index (χ1) is 9.19. The van der Waals surface area contributed by atoms with Crippen LogP contribution in [0.25, 0.3) is 0 Å². The molecule has 1 N–H and O–H groups in total. The van der Waals surface area contributed by atoms with Crippen molar-refractivity contribution in [3.8, 4) is 0 Å². The Kier molecular flexibility index (Phi) is 10.2. The zero-order valence-corrected chi connectivity index (χ0v) is 14.4. The summed E-state index contributed by atoms with van der Waals surface area (Å²) in [4.78, 5) is 21.2. The third-order valence-corrected chi connectivity index (χ3v) is 4.90. The minimum Gasteiger partial charge on any atom is -0.481 e. The summed E-state index contributed by atoms with van der Waals surface area (Å²) in [7, 11) is 0. The summed E-state index contributed by atoms with van der Waals surface area (Å²) in [6.45, 7) is 0.568. The van der Waals surface area contributed by atoms with Gasteiger partial charge in [-0.2, -0.15) is 27.0 Å². The van der Waals surface area contributed by atoms with Gasteiger partial charge in [0.05, 0.1) is 5.92 Å². The molecule has 2 fully saturated rings. The van der Waals surface area contributed by atoms with Gasteiger partial charge in [-0.05, 0) is 69.6 Å². The van der Waals surface area contributed by atoms with Crippen LogP contribution in [0.4, 0.5) is 0 Å². The Hall–Kier alpha value is -0.360. The standard InChI is InChI=1S/C15H24O4.2H2S/c16-10-19-14-7-3-12(4-8-14)9-11-1-5-13(6-2-11)15(17)18;;/h10-14H,1-9H2,(H,17,18);2*1H2. The average molecular weight is 337 g/mol. The van der Waals surface area contributed by atoms with Crippen LogP contribution in [0.15, 0.2) is 0 Å². The van der Waals surface area contributed by atoms with Gasteiger partial charge in [0.1, 0.15) is 6.10 Å². The maximum absolute atomic E-state index is 10.9. The van der Waals surface area contributed by atoms with Crippen LogP contribution in [0.1, 0.15) is 57.8 Å². The largest absolute Gasteiger partial charge is 0.481 e. The van der Waals surface area contributed by atoms with E-state index in [1.54, 1.807) is 0 Å². The van der Waals surface area contributed by atoms with E-state index in [1.807, 2.05) is 0 Å². The van der Waals surface area contributed by atoms with E-state index in [0.717, 1.165) is 57.3 Å². The van der Waals surface area contributed by atoms with Gasteiger partial charge in [0.2, 0.25) is 0 Å². The van der Waals surface area contributed by atoms with Gasteiger partial charge in [-0.1, -0.05) is 0 Å². The summed E-state index contributed by atoms with van der Waals surface area (Å²) in [5.41, 5.74) is 0. The number of rotatable bonds is 5. The molecule has 4 nitrogen and oxygen atoms in total. The van der Waals surface area contributed by atoms with E-state index in [9.17, 15) is 9.59 Å². The number of carboxylic acids is 1. The van der Waals surface area contributed by atoms with E-state index in [0.29, 0.717) is 12.4 Å². The van der Waals surface area contributed by atoms with Crippen molar-refractivity contribution >= 4 is 39.4 Å². The Morgan fingerprint density at radius 1 is 0.952 bits per heavy atom. The first-order valence-corrected chi connectivity index (χ1v) is 7.51. The fraction of sp³-hybridized carbons (Fsp3) is 0.867. The molecule has 2 saturated carbocycles. The Labute approximate surface area is 140 Å². The number of aliphatic carboxylic acids is 1. The molecule has 124 valence electrons. The van der Waals surface area contributed by atoms with Crippen LogP contribution < -0.4 is 0 Å². The highest BCUT2D eigenvalue weighted by molar-refractivity contribution is 7.59.